The van der Waals surface area contributed by atoms with E-state index in [1.165, 1.54) is 11.3 Å². The first-order valence-electron chi connectivity index (χ1n) is 13.4. The van der Waals surface area contributed by atoms with E-state index in [1.54, 1.807) is 44.8 Å². The first-order valence-corrected chi connectivity index (χ1v) is 15.0. The molecule has 1 atom stereocenters. The van der Waals surface area contributed by atoms with Crippen LogP contribution in [0.1, 0.15) is 68.8 Å². The zero-order valence-corrected chi connectivity index (χ0v) is 27.0. The number of carbonyl (C=O) groups is 1. The number of nitrogens with zero attached hydrogens (tertiary/aromatic N) is 2. The number of ether oxygens (including phenoxy) is 4. The van der Waals surface area contributed by atoms with E-state index in [-0.39, 0.29) is 18.1 Å². The Bertz CT molecular complexity index is 1700. The van der Waals surface area contributed by atoms with Crippen molar-refractivity contribution in [1.29, 1.82) is 0 Å². The van der Waals surface area contributed by atoms with E-state index in [1.807, 2.05) is 26.0 Å². The Kier molecular flexibility index (Phi) is 9.44. The van der Waals surface area contributed by atoms with Crippen LogP contribution in [0.5, 0.6) is 17.2 Å². The lowest BCUT2D eigenvalue weighted by molar-refractivity contribution is -0.139. The molecule has 0 fully saturated rings. The van der Waals surface area contributed by atoms with Gasteiger partial charge in [-0.1, -0.05) is 41.1 Å². The molecule has 1 aromatic heterocycles. The van der Waals surface area contributed by atoms with Crippen LogP contribution in [-0.2, 0) is 9.53 Å². The first-order chi connectivity index (χ1) is 19.6. The number of allylic oxidation sites excluding steroid dienone is 1. The van der Waals surface area contributed by atoms with Crippen molar-refractivity contribution >= 4 is 39.3 Å². The fraction of sp³-hybridized carbons (Fsp3) is 0.387. The van der Waals surface area contributed by atoms with Gasteiger partial charge in [-0.25, -0.2) is 9.79 Å². The molecule has 0 bridgehead atoms. The second kappa shape index (κ2) is 12.7. The fourth-order valence-electron chi connectivity index (χ4n) is 4.91. The molecular formula is C31H35BrN2O6S. The predicted molar refractivity (Wildman–Crippen MR) is 164 cm³/mol. The monoisotopic (exact) mass is 642 g/mol. The van der Waals surface area contributed by atoms with E-state index in [0.29, 0.717) is 48.7 Å². The fourth-order valence-corrected chi connectivity index (χ4v) is 6.49. The molecule has 0 radical (unpaired) electrons. The van der Waals surface area contributed by atoms with Gasteiger partial charge in [-0.3, -0.25) is 9.36 Å². The van der Waals surface area contributed by atoms with Crippen molar-refractivity contribution < 1.29 is 23.7 Å². The van der Waals surface area contributed by atoms with Gasteiger partial charge in [-0.2, -0.15) is 0 Å². The molecule has 0 N–H and O–H groups in total. The standard InChI is InChI=1S/C31H35BrN2O6S/c1-9-39-25-15-22(32)21(14-24(25)38-8)28-27(30(36)40-10-2)18(6)33-31-34(28)29(35)26(41-31)13-19-12-20(16(3)4)23(37-7)11-17(19)5/h11-16,28H,9-10H2,1-8H3/b26-13+/t28-/m0/s1. The van der Waals surface area contributed by atoms with Gasteiger partial charge in [-0.15, -0.1) is 0 Å². The molecule has 10 heteroatoms. The normalized spacial score (nSPS) is 15.1. The SMILES string of the molecule is CCOC(=O)C1=C(C)N=c2s/c(=C/c3cc(C(C)C)c(OC)cc3C)c(=O)n2[C@H]1c1cc(OC)c(OCC)cc1Br. The lowest BCUT2D eigenvalue weighted by Gasteiger charge is -2.26. The molecule has 218 valence electrons. The molecule has 0 saturated heterocycles. The minimum Gasteiger partial charge on any atom is -0.496 e. The number of esters is 1. The molecule has 0 unspecified atom stereocenters. The Labute approximate surface area is 252 Å². The van der Waals surface area contributed by atoms with E-state index >= 15 is 0 Å². The van der Waals surface area contributed by atoms with Crippen LogP contribution >= 0.6 is 27.3 Å². The summed E-state index contributed by atoms with van der Waals surface area (Å²) in [6, 6.07) is 6.84. The van der Waals surface area contributed by atoms with Gasteiger partial charge in [0.1, 0.15) is 5.75 Å². The topological polar surface area (TPSA) is 88.4 Å². The van der Waals surface area contributed by atoms with Gasteiger partial charge in [0, 0.05) is 4.47 Å². The maximum Gasteiger partial charge on any atom is 0.338 e. The van der Waals surface area contributed by atoms with Crippen molar-refractivity contribution in [2.24, 2.45) is 4.99 Å². The number of thiazole rings is 1. The molecule has 4 rings (SSSR count). The van der Waals surface area contributed by atoms with Gasteiger partial charge in [0.15, 0.2) is 16.3 Å². The van der Waals surface area contributed by atoms with Crippen LogP contribution < -0.4 is 29.1 Å². The summed E-state index contributed by atoms with van der Waals surface area (Å²) < 4.78 is 25.1. The number of benzene rings is 2. The Hall–Kier alpha value is -3.37. The van der Waals surface area contributed by atoms with E-state index < -0.39 is 12.0 Å². The molecule has 2 aromatic carbocycles. The maximum atomic E-state index is 14.1. The first kappa shape index (κ1) is 30.6. The summed E-state index contributed by atoms with van der Waals surface area (Å²) in [4.78, 5) is 32.6. The van der Waals surface area contributed by atoms with Gasteiger partial charge >= 0.3 is 5.97 Å². The number of hydrogen-bond acceptors (Lipinski definition) is 8. The summed E-state index contributed by atoms with van der Waals surface area (Å²) in [5, 5.41) is 0. The lowest BCUT2D eigenvalue weighted by Crippen LogP contribution is -2.40. The summed E-state index contributed by atoms with van der Waals surface area (Å²) >= 11 is 4.95. The van der Waals surface area contributed by atoms with Crippen LogP contribution in [0.3, 0.4) is 0 Å². The van der Waals surface area contributed by atoms with Crippen LogP contribution in [0.15, 0.2) is 49.8 Å². The molecule has 3 aromatic rings. The molecular weight excluding hydrogens is 608 g/mol. The highest BCUT2D eigenvalue weighted by Crippen LogP contribution is 2.41. The van der Waals surface area contributed by atoms with Gasteiger partial charge in [0.25, 0.3) is 5.56 Å². The minimum atomic E-state index is -0.797. The number of halogens is 1. The minimum absolute atomic E-state index is 0.190. The summed E-state index contributed by atoms with van der Waals surface area (Å²) in [5.74, 6) is 1.56. The third-order valence-corrected chi connectivity index (χ3v) is 8.59. The van der Waals surface area contributed by atoms with Crippen LogP contribution in [0, 0.1) is 6.92 Å². The van der Waals surface area contributed by atoms with Gasteiger partial charge in [-0.05, 0) is 86.2 Å². The van der Waals surface area contributed by atoms with Crippen molar-refractivity contribution in [2.75, 3.05) is 27.4 Å². The second-order valence-electron chi connectivity index (χ2n) is 9.87. The molecule has 1 aliphatic heterocycles. The van der Waals surface area contributed by atoms with Gasteiger partial charge < -0.3 is 18.9 Å². The van der Waals surface area contributed by atoms with Crippen molar-refractivity contribution in [1.82, 2.24) is 4.57 Å². The lowest BCUT2D eigenvalue weighted by atomic mass is 9.95. The Morgan fingerprint density at radius 3 is 2.39 bits per heavy atom. The average Bonchev–Trinajstić information content (AvgIpc) is 3.23. The largest absolute Gasteiger partial charge is 0.496 e. The van der Waals surface area contributed by atoms with E-state index in [9.17, 15) is 9.59 Å². The quantitative estimate of drug-likeness (QED) is 0.290. The molecule has 8 nitrogen and oxygen atoms in total. The van der Waals surface area contributed by atoms with E-state index in [4.69, 9.17) is 23.9 Å². The van der Waals surface area contributed by atoms with Crippen LogP contribution in [0.2, 0.25) is 0 Å². The molecule has 0 spiro atoms. The molecule has 41 heavy (non-hydrogen) atoms. The summed E-state index contributed by atoms with van der Waals surface area (Å²) in [6.45, 7) is 12.2. The van der Waals surface area contributed by atoms with Gasteiger partial charge in [0.05, 0.1) is 49.3 Å². The maximum absolute atomic E-state index is 14.1. The number of methoxy groups -OCH3 is 2. The van der Waals surface area contributed by atoms with E-state index in [2.05, 4.69) is 35.8 Å². The molecule has 0 aliphatic carbocycles. The highest BCUT2D eigenvalue weighted by Gasteiger charge is 2.35. The van der Waals surface area contributed by atoms with Crippen LogP contribution in [0.25, 0.3) is 6.08 Å². The van der Waals surface area contributed by atoms with Crippen LogP contribution in [0.4, 0.5) is 0 Å². The Morgan fingerprint density at radius 1 is 1.07 bits per heavy atom. The number of fused-ring (bicyclic) bond motifs is 1. The smallest absolute Gasteiger partial charge is 0.338 e. The average molecular weight is 644 g/mol. The van der Waals surface area contributed by atoms with E-state index in [0.717, 1.165) is 22.4 Å². The number of carbonyl (C=O) groups excluding carboxylic acids is 1. The van der Waals surface area contributed by atoms with Crippen molar-refractivity contribution in [3.05, 3.63) is 81.9 Å². The van der Waals surface area contributed by atoms with Crippen molar-refractivity contribution in [3.63, 3.8) is 0 Å². The summed E-state index contributed by atoms with van der Waals surface area (Å²) in [5.41, 5.74) is 4.13. The number of rotatable bonds is 9. The molecule has 1 aliphatic rings. The van der Waals surface area contributed by atoms with Gasteiger partial charge in [0.2, 0.25) is 0 Å². The number of aromatic nitrogens is 1. The third-order valence-electron chi connectivity index (χ3n) is 6.92. The van der Waals surface area contributed by atoms with Crippen molar-refractivity contribution in [3.8, 4) is 17.2 Å². The number of hydrogen-bond donors (Lipinski definition) is 0. The summed E-state index contributed by atoms with van der Waals surface area (Å²) in [6.07, 6.45) is 1.89. The predicted octanol–water partition coefficient (Wildman–Crippen LogP) is 5.41. The zero-order chi connectivity index (χ0) is 30.0. The highest BCUT2D eigenvalue weighted by molar-refractivity contribution is 9.10. The summed E-state index contributed by atoms with van der Waals surface area (Å²) in [7, 11) is 3.22. The van der Waals surface area contributed by atoms with Crippen LogP contribution in [-0.4, -0.2) is 38.0 Å². The second-order valence-corrected chi connectivity index (χ2v) is 11.7. The Balaban J connectivity index is 2.01. The van der Waals surface area contributed by atoms with Crippen molar-refractivity contribution in [2.45, 2.75) is 53.5 Å². The number of aryl methyl sites for hydroxylation is 1. The Morgan fingerprint density at radius 2 is 1.78 bits per heavy atom. The molecule has 0 saturated carbocycles. The molecule has 0 amide bonds. The third kappa shape index (κ3) is 5.85. The highest BCUT2D eigenvalue weighted by atomic mass is 79.9. The zero-order valence-electron chi connectivity index (χ0n) is 24.6. The molecule has 2 heterocycles.